The summed E-state index contributed by atoms with van der Waals surface area (Å²) >= 11 is 0. The van der Waals surface area contributed by atoms with Gasteiger partial charge in [-0.1, -0.05) is 24.4 Å². The predicted octanol–water partition coefficient (Wildman–Crippen LogP) is 1.75. The molecular formula is C15H24N4O2. The summed E-state index contributed by atoms with van der Waals surface area (Å²) in [6.45, 7) is 3.31. The zero-order valence-corrected chi connectivity index (χ0v) is 12.7. The standard InChI is InChI=1S/C15H24N4O2/c1-11-17-13(21-18-11)12-5-9-19(10-6-12)14(20)15(16)7-3-2-4-8-15/h12H,2-10,16H2,1H3. The van der Waals surface area contributed by atoms with Crippen LogP contribution in [0, 0.1) is 6.92 Å². The number of carbonyl (C=O) groups excluding carboxylic acids is 1. The van der Waals surface area contributed by atoms with Crippen molar-refractivity contribution < 1.29 is 9.32 Å². The molecule has 1 saturated carbocycles. The molecule has 2 N–H and O–H groups in total. The molecule has 0 atom stereocenters. The molecule has 2 aliphatic rings. The average molecular weight is 292 g/mol. The van der Waals surface area contributed by atoms with Crippen LogP contribution in [0.3, 0.4) is 0 Å². The highest BCUT2D eigenvalue weighted by Gasteiger charge is 2.39. The van der Waals surface area contributed by atoms with E-state index < -0.39 is 5.54 Å². The van der Waals surface area contributed by atoms with Gasteiger partial charge in [0.1, 0.15) is 0 Å². The molecule has 0 aromatic carbocycles. The van der Waals surface area contributed by atoms with Crippen LogP contribution in [0.5, 0.6) is 0 Å². The second-order valence-corrected chi connectivity index (χ2v) is 6.46. The van der Waals surface area contributed by atoms with E-state index in [0.29, 0.717) is 11.7 Å². The van der Waals surface area contributed by atoms with Gasteiger partial charge in [0.15, 0.2) is 5.82 Å². The minimum absolute atomic E-state index is 0.141. The summed E-state index contributed by atoms with van der Waals surface area (Å²) in [5, 5.41) is 3.84. The van der Waals surface area contributed by atoms with Crippen LogP contribution >= 0.6 is 0 Å². The van der Waals surface area contributed by atoms with Crippen molar-refractivity contribution in [3.63, 3.8) is 0 Å². The van der Waals surface area contributed by atoms with Crippen molar-refractivity contribution in [2.75, 3.05) is 13.1 Å². The lowest BCUT2D eigenvalue weighted by atomic mass is 9.81. The number of nitrogens with zero attached hydrogens (tertiary/aromatic N) is 3. The summed E-state index contributed by atoms with van der Waals surface area (Å²) in [6.07, 6.45) is 6.75. The maximum absolute atomic E-state index is 12.7. The van der Waals surface area contributed by atoms with E-state index in [2.05, 4.69) is 10.1 Å². The summed E-state index contributed by atoms with van der Waals surface area (Å²) in [7, 11) is 0. The average Bonchev–Trinajstić information content (AvgIpc) is 2.94. The zero-order chi connectivity index (χ0) is 14.9. The van der Waals surface area contributed by atoms with Gasteiger partial charge in [-0.25, -0.2) is 0 Å². The third-order valence-corrected chi connectivity index (χ3v) is 4.85. The Kier molecular flexibility index (Phi) is 3.97. The first kappa shape index (κ1) is 14.5. The number of hydrogen-bond acceptors (Lipinski definition) is 5. The van der Waals surface area contributed by atoms with Crippen molar-refractivity contribution in [1.82, 2.24) is 15.0 Å². The summed E-state index contributed by atoms with van der Waals surface area (Å²) in [6, 6.07) is 0. The molecule has 0 unspecified atom stereocenters. The van der Waals surface area contributed by atoms with E-state index in [-0.39, 0.29) is 11.8 Å². The number of rotatable bonds is 2. The van der Waals surface area contributed by atoms with Crippen LogP contribution in [0.1, 0.15) is 62.6 Å². The highest BCUT2D eigenvalue weighted by atomic mass is 16.5. The Hall–Kier alpha value is -1.43. The fourth-order valence-electron chi connectivity index (χ4n) is 3.52. The molecule has 6 nitrogen and oxygen atoms in total. The lowest BCUT2D eigenvalue weighted by Gasteiger charge is -2.39. The van der Waals surface area contributed by atoms with Gasteiger partial charge in [0.05, 0.1) is 5.54 Å². The molecule has 0 spiro atoms. The Labute approximate surface area is 125 Å². The fourth-order valence-corrected chi connectivity index (χ4v) is 3.52. The fraction of sp³-hybridized carbons (Fsp3) is 0.800. The Morgan fingerprint density at radius 2 is 1.95 bits per heavy atom. The van der Waals surface area contributed by atoms with Crippen molar-refractivity contribution in [2.45, 2.75) is 63.3 Å². The van der Waals surface area contributed by atoms with Crippen LogP contribution in [0.4, 0.5) is 0 Å². The van der Waals surface area contributed by atoms with E-state index in [1.54, 1.807) is 0 Å². The normalized spacial score (nSPS) is 23.2. The van der Waals surface area contributed by atoms with Crippen molar-refractivity contribution in [2.24, 2.45) is 5.73 Å². The van der Waals surface area contributed by atoms with E-state index >= 15 is 0 Å². The van der Waals surface area contributed by atoms with E-state index in [1.807, 2.05) is 11.8 Å². The van der Waals surface area contributed by atoms with Crippen LogP contribution in [0.25, 0.3) is 0 Å². The molecule has 1 saturated heterocycles. The third kappa shape index (κ3) is 2.95. The smallest absolute Gasteiger partial charge is 0.242 e. The maximum atomic E-state index is 12.7. The van der Waals surface area contributed by atoms with Gasteiger partial charge in [-0.05, 0) is 32.6 Å². The summed E-state index contributed by atoms with van der Waals surface area (Å²) < 4.78 is 5.25. The molecule has 1 aromatic rings. The van der Waals surface area contributed by atoms with Crippen molar-refractivity contribution >= 4 is 5.91 Å². The number of piperidine rings is 1. The third-order valence-electron chi connectivity index (χ3n) is 4.85. The van der Waals surface area contributed by atoms with Gasteiger partial charge in [-0.2, -0.15) is 4.98 Å². The highest BCUT2D eigenvalue weighted by molar-refractivity contribution is 5.86. The summed E-state index contributed by atoms with van der Waals surface area (Å²) in [4.78, 5) is 18.9. The molecule has 1 aromatic heterocycles. The molecule has 3 rings (SSSR count). The molecule has 2 fully saturated rings. The van der Waals surface area contributed by atoms with Crippen LogP contribution in [-0.2, 0) is 4.79 Å². The van der Waals surface area contributed by atoms with Crippen LogP contribution in [0.2, 0.25) is 0 Å². The van der Waals surface area contributed by atoms with Gasteiger partial charge in [0.2, 0.25) is 11.8 Å². The van der Waals surface area contributed by atoms with Gasteiger partial charge < -0.3 is 15.2 Å². The van der Waals surface area contributed by atoms with Gasteiger partial charge in [-0.15, -0.1) is 0 Å². The molecule has 0 radical (unpaired) electrons. The second-order valence-electron chi connectivity index (χ2n) is 6.46. The largest absolute Gasteiger partial charge is 0.341 e. The van der Waals surface area contributed by atoms with Gasteiger partial charge in [-0.3, -0.25) is 4.79 Å². The van der Waals surface area contributed by atoms with Crippen molar-refractivity contribution in [3.05, 3.63) is 11.7 Å². The number of aryl methyl sites for hydroxylation is 1. The number of nitrogens with two attached hydrogens (primary N) is 1. The molecule has 21 heavy (non-hydrogen) atoms. The molecule has 1 aliphatic carbocycles. The molecule has 1 aliphatic heterocycles. The molecule has 116 valence electrons. The Morgan fingerprint density at radius 3 is 2.52 bits per heavy atom. The predicted molar refractivity (Wildman–Crippen MR) is 77.6 cm³/mol. The molecule has 2 heterocycles. The SMILES string of the molecule is Cc1noc(C2CCN(C(=O)C3(N)CCCCC3)CC2)n1. The van der Waals surface area contributed by atoms with E-state index in [9.17, 15) is 4.79 Å². The monoisotopic (exact) mass is 292 g/mol. The number of hydrogen-bond donors (Lipinski definition) is 1. The van der Waals surface area contributed by atoms with E-state index in [1.165, 1.54) is 6.42 Å². The van der Waals surface area contributed by atoms with E-state index in [0.717, 1.165) is 51.6 Å². The van der Waals surface area contributed by atoms with Crippen molar-refractivity contribution in [1.29, 1.82) is 0 Å². The number of aromatic nitrogens is 2. The number of carbonyl (C=O) groups is 1. The topological polar surface area (TPSA) is 85.2 Å². The first-order valence-electron chi connectivity index (χ1n) is 7.97. The summed E-state index contributed by atoms with van der Waals surface area (Å²) in [5.41, 5.74) is 5.73. The van der Waals surface area contributed by atoms with Crippen LogP contribution < -0.4 is 5.73 Å². The first-order chi connectivity index (χ1) is 10.1. The minimum atomic E-state index is -0.619. The quantitative estimate of drug-likeness (QED) is 0.897. The zero-order valence-electron chi connectivity index (χ0n) is 12.7. The highest BCUT2D eigenvalue weighted by Crippen LogP contribution is 2.31. The minimum Gasteiger partial charge on any atom is -0.341 e. The van der Waals surface area contributed by atoms with Crippen molar-refractivity contribution in [3.8, 4) is 0 Å². The lowest BCUT2D eigenvalue weighted by Crippen LogP contribution is -2.57. The second kappa shape index (κ2) is 5.75. The summed E-state index contributed by atoms with van der Waals surface area (Å²) in [5.74, 6) is 1.80. The molecular weight excluding hydrogens is 268 g/mol. The Bertz CT molecular complexity index is 500. The molecule has 6 heteroatoms. The van der Waals surface area contributed by atoms with Gasteiger partial charge >= 0.3 is 0 Å². The maximum Gasteiger partial charge on any atom is 0.242 e. The van der Waals surface area contributed by atoms with Crippen LogP contribution in [0.15, 0.2) is 4.52 Å². The first-order valence-corrected chi connectivity index (χ1v) is 7.97. The number of amides is 1. The van der Waals surface area contributed by atoms with Gasteiger partial charge in [0.25, 0.3) is 0 Å². The van der Waals surface area contributed by atoms with E-state index in [4.69, 9.17) is 10.3 Å². The lowest BCUT2D eigenvalue weighted by molar-refractivity contribution is -0.139. The Balaban J connectivity index is 1.59. The molecule has 0 bridgehead atoms. The number of likely N-dealkylation sites (tertiary alicyclic amines) is 1. The Morgan fingerprint density at radius 1 is 1.29 bits per heavy atom. The van der Waals surface area contributed by atoms with Gasteiger partial charge in [0, 0.05) is 19.0 Å². The van der Waals surface area contributed by atoms with Crippen LogP contribution in [-0.4, -0.2) is 39.6 Å². The molecule has 1 amide bonds.